The third-order valence-corrected chi connectivity index (χ3v) is 3.11. The van der Waals surface area contributed by atoms with E-state index < -0.39 is 0 Å². The number of nitrogens with one attached hydrogen (secondary N) is 2. The number of hydrazine groups is 1. The van der Waals surface area contributed by atoms with Crippen molar-refractivity contribution in [2.75, 3.05) is 17.9 Å². The standard InChI is InChI=1S/C12H12BrN5O2/c1-20-10-6-7(2-3-8(10)13)15-12(19)9-4-5-11(16-14)18-17-9/h2-6H,14H2,1H3,(H,15,19)(H,16,18). The molecular formula is C12H12BrN5O2. The largest absolute Gasteiger partial charge is 0.495 e. The maximum absolute atomic E-state index is 12.0. The molecule has 20 heavy (non-hydrogen) atoms. The number of nitrogen functional groups attached to an aromatic ring is 1. The van der Waals surface area contributed by atoms with Gasteiger partial charge in [0.05, 0.1) is 11.6 Å². The molecular weight excluding hydrogens is 326 g/mol. The van der Waals surface area contributed by atoms with Crippen molar-refractivity contribution in [3.8, 4) is 5.75 Å². The van der Waals surface area contributed by atoms with Crippen molar-refractivity contribution in [1.82, 2.24) is 10.2 Å². The molecule has 0 radical (unpaired) electrons. The smallest absolute Gasteiger partial charge is 0.276 e. The Labute approximate surface area is 123 Å². The van der Waals surface area contributed by atoms with Crippen LogP contribution >= 0.6 is 15.9 Å². The molecule has 1 aromatic heterocycles. The second-order valence-corrected chi connectivity index (χ2v) is 4.61. The molecule has 0 aliphatic heterocycles. The Bertz CT molecular complexity index is 618. The van der Waals surface area contributed by atoms with Crippen LogP contribution in [-0.4, -0.2) is 23.2 Å². The first-order chi connectivity index (χ1) is 9.63. The summed E-state index contributed by atoms with van der Waals surface area (Å²) in [6, 6.07) is 8.30. The molecule has 0 saturated carbocycles. The number of hydrogen-bond acceptors (Lipinski definition) is 6. The molecule has 0 bridgehead atoms. The Morgan fingerprint density at radius 2 is 2.10 bits per heavy atom. The van der Waals surface area contributed by atoms with E-state index in [9.17, 15) is 4.79 Å². The molecule has 2 rings (SSSR count). The van der Waals surface area contributed by atoms with E-state index in [0.29, 0.717) is 17.3 Å². The molecule has 8 heteroatoms. The molecule has 0 saturated heterocycles. The molecule has 0 aliphatic rings. The molecule has 1 heterocycles. The molecule has 0 aliphatic carbocycles. The van der Waals surface area contributed by atoms with E-state index in [1.54, 1.807) is 31.4 Å². The van der Waals surface area contributed by atoms with Crippen LogP contribution in [0.25, 0.3) is 0 Å². The molecule has 0 atom stereocenters. The summed E-state index contributed by atoms with van der Waals surface area (Å²) in [5.74, 6) is 5.81. The highest BCUT2D eigenvalue weighted by atomic mass is 79.9. The summed E-state index contributed by atoms with van der Waals surface area (Å²) < 4.78 is 5.96. The number of halogens is 1. The van der Waals surface area contributed by atoms with E-state index in [4.69, 9.17) is 10.6 Å². The first-order valence-corrected chi connectivity index (χ1v) is 6.38. The van der Waals surface area contributed by atoms with Crippen LogP contribution in [0.2, 0.25) is 0 Å². The summed E-state index contributed by atoms with van der Waals surface area (Å²) in [5.41, 5.74) is 3.12. The van der Waals surface area contributed by atoms with Gasteiger partial charge in [0, 0.05) is 11.8 Å². The zero-order chi connectivity index (χ0) is 14.5. The van der Waals surface area contributed by atoms with Crippen LogP contribution in [0.3, 0.4) is 0 Å². The highest BCUT2D eigenvalue weighted by Gasteiger charge is 2.10. The average Bonchev–Trinajstić information content (AvgIpc) is 2.49. The molecule has 0 spiro atoms. The second kappa shape index (κ2) is 6.31. The van der Waals surface area contributed by atoms with Crippen LogP contribution in [0.1, 0.15) is 10.5 Å². The SMILES string of the molecule is COc1cc(NC(=O)c2ccc(NN)nn2)ccc1Br. The van der Waals surface area contributed by atoms with Gasteiger partial charge in [0.15, 0.2) is 11.5 Å². The summed E-state index contributed by atoms with van der Waals surface area (Å²) in [6.45, 7) is 0. The molecule has 7 nitrogen and oxygen atoms in total. The summed E-state index contributed by atoms with van der Waals surface area (Å²) in [6.07, 6.45) is 0. The van der Waals surface area contributed by atoms with Gasteiger partial charge < -0.3 is 15.5 Å². The average molecular weight is 338 g/mol. The molecule has 1 aromatic carbocycles. The molecule has 1 amide bonds. The second-order valence-electron chi connectivity index (χ2n) is 3.75. The minimum Gasteiger partial charge on any atom is -0.495 e. The van der Waals surface area contributed by atoms with Gasteiger partial charge in [-0.2, -0.15) is 0 Å². The van der Waals surface area contributed by atoms with Gasteiger partial charge in [-0.3, -0.25) is 4.79 Å². The first-order valence-electron chi connectivity index (χ1n) is 5.59. The van der Waals surface area contributed by atoms with Gasteiger partial charge in [-0.1, -0.05) is 0 Å². The van der Waals surface area contributed by atoms with Crippen LogP contribution in [0.15, 0.2) is 34.8 Å². The Hall–Kier alpha value is -2.19. The Morgan fingerprint density at radius 3 is 2.70 bits per heavy atom. The van der Waals surface area contributed by atoms with Gasteiger partial charge in [0.25, 0.3) is 5.91 Å². The number of methoxy groups -OCH3 is 1. The van der Waals surface area contributed by atoms with Crippen LogP contribution in [0.5, 0.6) is 5.75 Å². The molecule has 0 fully saturated rings. The Balaban J connectivity index is 2.14. The van der Waals surface area contributed by atoms with Crippen molar-refractivity contribution < 1.29 is 9.53 Å². The number of carbonyl (C=O) groups excluding carboxylic acids is 1. The van der Waals surface area contributed by atoms with Crippen LogP contribution in [0, 0.1) is 0 Å². The highest BCUT2D eigenvalue weighted by Crippen LogP contribution is 2.27. The van der Waals surface area contributed by atoms with E-state index in [2.05, 4.69) is 36.9 Å². The fraction of sp³-hybridized carbons (Fsp3) is 0.0833. The van der Waals surface area contributed by atoms with E-state index >= 15 is 0 Å². The van der Waals surface area contributed by atoms with Crippen LogP contribution in [0.4, 0.5) is 11.5 Å². The molecule has 104 valence electrons. The Kier molecular flexibility index (Phi) is 4.49. The monoisotopic (exact) mass is 337 g/mol. The number of nitrogens with zero attached hydrogens (tertiary/aromatic N) is 2. The fourth-order valence-corrected chi connectivity index (χ4v) is 1.87. The van der Waals surface area contributed by atoms with Crippen molar-refractivity contribution in [1.29, 1.82) is 0 Å². The normalized spacial score (nSPS) is 9.95. The van der Waals surface area contributed by atoms with Gasteiger partial charge in [0.1, 0.15) is 5.75 Å². The number of hydrogen-bond donors (Lipinski definition) is 3. The van der Waals surface area contributed by atoms with Crippen molar-refractivity contribution >= 4 is 33.3 Å². The minimum absolute atomic E-state index is 0.186. The van der Waals surface area contributed by atoms with E-state index in [1.807, 2.05) is 0 Å². The molecule has 0 unspecified atom stereocenters. The van der Waals surface area contributed by atoms with Gasteiger partial charge in [0.2, 0.25) is 0 Å². The van der Waals surface area contributed by atoms with E-state index in [-0.39, 0.29) is 11.6 Å². The van der Waals surface area contributed by atoms with Gasteiger partial charge in [-0.15, -0.1) is 10.2 Å². The maximum Gasteiger partial charge on any atom is 0.276 e. The van der Waals surface area contributed by atoms with Crippen molar-refractivity contribution in [2.24, 2.45) is 5.84 Å². The predicted molar refractivity (Wildman–Crippen MR) is 78.5 cm³/mol. The molecule has 4 N–H and O–H groups in total. The fourth-order valence-electron chi connectivity index (χ4n) is 1.46. The van der Waals surface area contributed by atoms with Crippen molar-refractivity contribution in [2.45, 2.75) is 0 Å². The lowest BCUT2D eigenvalue weighted by Crippen LogP contribution is -2.16. The van der Waals surface area contributed by atoms with Crippen molar-refractivity contribution in [3.63, 3.8) is 0 Å². The van der Waals surface area contributed by atoms with Crippen LogP contribution < -0.4 is 21.3 Å². The van der Waals surface area contributed by atoms with Gasteiger partial charge in [-0.25, -0.2) is 5.84 Å². The third kappa shape index (κ3) is 3.22. The summed E-state index contributed by atoms with van der Waals surface area (Å²) in [7, 11) is 1.55. The predicted octanol–water partition coefficient (Wildman–Crippen LogP) is 1.79. The zero-order valence-corrected chi connectivity index (χ0v) is 12.1. The lowest BCUT2D eigenvalue weighted by atomic mass is 10.3. The summed E-state index contributed by atoms with van der Waals surface area (Å²) >= 11 is 3.34. The summed E-state index contributed by atoms with van der Waals surface area (Å²) in [5, 5.41) is 10.2. The number of carbonyl (C=O) groups is 1. The van der Waals surface area contributed by atoms with Gasteiger partial charge in [-0.05, 0) is 40.2 Å². The van der Waals surface area contributed by atoms with E-state index in [1.165, 1.54) is 6.07 Å². The third-order valence-electron chi connectivity index (χ3n) is 2.45. The number of amides is 1. The highest BCUT2D eigenvalue weighted by molar-refractivity contribution is 9.10. The summed E-state index contributed by atoms with van der Waals surface area (Å²) in [4.78, 5) is 12.0. The zero-order valence-electron chi connectivity index (χ0n) is 10.6. The van der Waals surface area contributed by atoms with E-state index in [0.717, 1.165) is 4.47 Å². The first kappa shape index (κ1) is 14.2. The Morgan fingerprint density at radius 1 is 1.30 bits per heavy atom. The minimum atomic E-state index is -0.370. The number of anilines is 2. The number of ether oxygens (including phenoxy) is 1. The lowest BCUT2D eigenvalue weighted by Gasteiger charge is -2.08. The number of benzene rings is 1. The maximum atomic E-state index is 12.0. The lowest BCUT2D eigenvalue weighted by molar-refractivity contribution is 0.102. The topological polar surface area (TPSA) is 102 Å². The van der Waals surface area contributed by atoms with Crippen molar-refractivity contribution in [3.05, 3.63) is 40.5 Å². The number of rotatable bonds is 4. The van der Waals surface area contributed by atoms with Gasteiger partial charge >= 0.3 is 0 Å². The quantitative estimate of drug-likeness (QED) is 0.580. The number of nitrogens with two attached hydrogens (primary N) is 1. The molecule has 2 aromatic rings. The van der Waals surface area contributed by atoms with Crippen LogP contribution in [-0.2, 0) is 0 Å². The number of aromatic nitrogens is 2.